The number of amides is 1. The fraction of sp³-hybridized carbons (Fsp3) is 0.818. The monoisotopic (exact) mass is 228 g/mol. The largest absolute Gasteiger partial charge is 0.370 e. The molecule has 0 heterocycles. The first-order valence-electron chi connectivity index (χ1n) is 5.58. The summed E-state index contributed by atoms with van der Waals surface area (Å²) < 4.78 is 0. The van der Waals surface area contributed by atoms with Crippen LogP contribution < -0.4 is 16.4 Å². The number of hydrogen-bond donors (Lipinski definition) is 3. The number of carbonyl (C=O) groups excluding carboxylic acids is 1. The molecular weight excluding hydrogens is 204 g/mol. The minimum absolute atomic E-state index is 0.00593. The standard InChI is InChI=1S/C11H24N4O/c1-8(2)14-10(12)13-7-6-9(16)15-11(3,4)5/h8H,6-7H2,1-5H3,(H,15,16)(H3,12,13,14). The van der Waals surface area contributed by atoms with E-state index < -0.39 is 0 Å². The molecule has 0 spiro atoms. The predicted molar refractivity (Wildman–Crippen MR) is 67.3 cm³/mol. The highest BCUT2D eigenvalue weighted by atomic mass is 16.1. The predicted octanol–water partition coefficient (Wildman–Crippen LogP) is 0.604. The minimum Gasteiger partial charge on any atom is -0.370 e. The van der Waals surface area contributed by atoms with Crippen LogP contribution >= 0.6 is 0 Å². The summed E-state index contributed by atoms with van der Waals surface area (Å²) in [6, 6.07) is 0.257. The summed E-state index contributed by atoms with van der Waals surface area (Å²) in [5.41, 5.74) is 5.40. The Labute approximate surface area is 97.9 Å². The highest BCUT2D eigenvalue weighted by molar-refractivity contribution is 5.79. The van der Waals surface area contributed by atoms with Crippen molar-refractivity contribution >= 4 is 11.9 Å². The summed E-state index contributed by atoms with van der Waals surface area (Å²) in [6.45, 7) is 10.2. The van der Waals surface area contributed by atoms with Gasteiger partial charge in [-0.15, -0.1) is 0 Å². The van der Waals surface area contributed by atoms with E-state index in [1.54, 1.807) is 0 Å². The van der Waals surface area contributed by atoms with Gasteiger partial charge in [0.25, 0.3) is 0 Å². The zero-order valence-corrected chi connectivity index (χ0v) is 10.9. The number of nitrogens with zero attached hydrogens (tertiary/aromatic N) is 1. The van der Waals surface area contributed by atoms with Crippen LogP contribution in [0, 0.1) is 0 Å². The summed E-state index contributed by atoms with van der Waals surface area (Å²) in [7, 11) is 0. The second kappa shape index (κ2) is 6.35. The van der Waals surface area contributed by atoms with E-state index in [-0.39, 0.29) is 17.5 Å². The van der Waals surface area contributed by atoms with E-state index in [9.17, 15) is 4.79 Å². The van der Waals surface area contributed by atoms with Gasteiger partial charge < -0.3 is 16.4 Å². The summed E-state index contributed by atoms with van der Waals surface area (Å²) in [6.07, 6.45) is 0.359. The van der Waals surface area contributed by atoms with E-state index in [0.29, 0.717) is 18.9 Å². The quantitative estimate of drug-likeness (QED) is 0.487. The fourth-order valence-electron chi connectivity index (χ4n) is 1.10. The lowest BCUT2D eigenvalue weighted by Gasteiger charge is -2.20. The molecular formula is C11H24N4O. The molecule has 0 aliphatic rings. The van der Waals surface area contributed by atoms with Crippen molar-refractivity contribution in [3.63, 3.8) is 0 Å². The summed E-state index contributed by atoms with van der Waals surface area (Å²) in [5.74, 6) is 0.382. The third-order valence-corrected chi connectivity index (χ3v) is 1.57. The molecule has 0 aromatic rings. The summed E-state index contributed by atoms with van der Waals surface area (Å²) in [4.78, 5) is 15.5. The van der Waals surface area contributed by atoms with Crippen LogP contribution in [0.5, 0.6) is 0 Å². The van der Waals surface area contributed by atoms with Gasteiger partial charge in [0, 0.05) is 18.0 Å². The summed E-state index contributed by atoms with van der Waals surface area (Å²) in [5, 5.41) is 5.82. The molecule has 5 heteroatoms. The third-order valence-electron chi connectivity index (χ3n) is 1.57. The Hall–Kier alpha value is -1.26. The molecule has 0 atom stereocenters. The molecule has 0 bridgehead atoms. The number of carbonyl (C=O) groups is 1. The number of nitrogens with one attached hydrogen (secondary N) is 2. The van der Waals surface area contributed by atoms with Crippen molar-refractivity contribution in [2.24, 2.45) is 10.7 Å². The minimum atomic E-state index is -0.192. The molecule has 0 saturated carbocycles. The number of hydrogen-bond acceptors (Lipinski definition) is 2. The maximum absolute atomic E-state index is 11.4. The Morgan fingerprint density at radius 1 is 1.38 bits per heavy atom. The van der Waals surface area contributed by atoms with Gasteiger partial charge in [0.2, 0.25) is 5.91 Å². The third kappa shape index (κ3) is 9.30. The van der Waals surface area contributed by atoms with Gasteiger partial charge in [0.1, 0.15) is 0 Å². The van der Waals surface area contributed by atoms with Crippen molar-refractivity contribution in [1.82, 2.24) is 10.6 Å². The van der Waals surface area contributed by atoms with Crippen LogP contribution in [-0.4, -0.2) is 30.0 Å². The lowest BCUT2D eigenvalue weighted by molar-refractivity contribution is -0.122. The molecule has 0 aliphatic carbocycles. The first-order chi connectivity index (χ1) is 7.20. The first kappa shape index (κ1) is 14.7. The number of rotatable bonds is 4. The molecule has 0 aromatic carbocycles. The maximum Gasteiger partial charge on any atom is 0.222 e. The average Bonchev–Trinajstić information content (AvgIpc) is 1.98. The van der Waals surface area contributed by atoms with Crippen LogP contribution in [0.25, 0.3) is 0 Å². The van der Waals surface area contributed by atoms with Gasteiger partial charge in [-0.3, -0.25) is 9.79 Å². The van der Waals surface area contributed by atoms with Crippen molar-refractivity contribution in [3.8, 4) is 0 Å². The Morgan fingerprint density at radius 3 is 2.38 bits per heavy atom. The highest BCUT2D eigenvalue weighted by Gasteiger charge is 2.12. The van der Waals surface area contributed by atoms with E-state index in [1.807, 2.05) is 34.6 Å². The number of guanidine groups is 1. The molecule has 0 rings (SSSR count). The molecule has 0 saturated heterocycles. The van der Waals surface area contributed by atoms with Crippen molar-refractivity contribution in [2.75, 3.05) is 6.54 Å². The number of aliphatic imine (C=N–C) groups is 1. The van der Waals surface area contributed by atoms with Gasteiger partial charge in [-0.25, -0.2) is 0 Å². The molecule has 16 heavy (non-hydrogen) atoms. The lowest BCUT2D eigenvalue weighted by Crippen LogP contribution is -2.41. The van der Waals surface area contributed by atoms with Gasteiger partial charge in [-0.1, -0.05) is 0 Å². The fourth-order valence-corrected chi connectivity index (χ4v) is 1.10. The normalized spacial score (nSPS) is 12.8. The molecule has 0 fully saturated rings. The lowest BCUT2D eigenvalue weighted by atomic mass is 10.1. The molecule has 5 nitrogen and oxygen atoms in total. The molecule has 94 valence electrons. The van der Waals surface area contributed by atoms with Gasteiger partial charge in [0.05, 0.1) is 6.54 Å². The van der Waals surface area contributed by atoms with E-state index >= 15 is 0 Å². The first-order valence-corrected chi connectivity index (χ1v) is 5.58. The van der Waals surface area contributed by atoms with Crippen LogP contribution in [0.4, 0.5) is 0 Å². The van der Waals surface area contributed by atoms with Gasteiger partial charge in [-0.2, -0.15) is 0 Å². The van der Waals surface area contributed by atoms with Gasteiger partial charge >= 0.3 is 0 Å². The Balaban J connectivity index is 3.85. The van der Waals surface area contributed by atoms with E-state index in [0.717, 1.165) is 0 Å². The van der Waals surface area contributed by atoms with Crippen LogP contribution in [0.2, 0.25) is 0 Å². The Kier molecular flexibility index (Phi) is 5.85. The smallest absolute Gasteiger partial charge is 0.222 e. The second-order valence-corrected chi connectivity index (χ2v) is 5.11. The van der Waals surface area contributed by atoms with Crippen LogP contribution in [0.3, 0.4) is 0 Å². The Morgan fingerprint density at radius 2 is 1.94 bits per heavy atom. The molecule has 4 N–H and O–H groups in total. The van der Waals surface area contributed by atoms with Crippen LogP contribution in [-0.2, 0) is 4.79 Å². The van der Waals surface area contributed by atoms with Crippen molar-refractivity contribution in [1.29, 1.82) is 0 Å². The van der Waals surface area contributed by atoms with E-state index in [2.05, 4.69) is 15.6 Å². The zero-order valence-electron chi connectivity index (χ0n) is 10.9. The molecule has 0 aliphatic heterocycles. The molecule has 0 aromatic heterocycles. The molecule has 1 amide bonds. The van der Waals surface area contributed by atoms with Gasteiger partial charge in [0.15, 0.2) is 5.96 Å². The van der Waals surface area contributed by atoms with E-state index in [1.165, 1.54) is 0 Å². The second-order valence-electron chi connectivity index (χ2n) is 5.11. The van der Waals surface area contributed by atoms with E-state index in [4.69, 9.17) is 5.73 Å². The molecule has 0 unspecified atom stereocenters. The topological polar surface area (TPSA) is 79.5 Å². The SMILES string of the molecule is CC(C)NC(N)=NCCC(=O)NC(C)(C)C. The van der Waals surface area contributed by atoms with Crippen LogP contribution in [0.15, 0.2) is 4.99 Å². The molecule has 0 radical (unpaired) electrons. The van der Waals surface area contributed by atoms with Crippen LogP contribution in [0.1, 0.15) is 41.0 Å². The van der Waals surface area contributed by atoms with Crippen molar-refractivity contribution < 1.29 is 4.79 Å². The Bertz CT molecular complexity index is 253. The zero-order chi connectivity index (χ0) is 12.8. The maximum atomic E-state index is 11.4. The van der Waals surface area contributed by atoms with Crippen molar-refractivity contribution in [3.05, 3.63) is 0 Å². The van der Waals surface area contributed by atoms with Gasteiger partial charge in [-0.05, 0) is 34.6 Å². The summed E-state index contributed by atoms with van der Waals surface area (Å²) >= 11 is 0. The van der Waals surface area contributed by atoms with Crippen molar-refractivity contribution in [2.45, 2.75) is 52.6 Å². The highest BCUT2D eigenvalue weighted by Crippen LogP contribution is 1.98. The number of nitrogens with two attached hydrogens (primary N) is 1. The average molecular weight is 228 g/mol.